The Balaban J connectivity index is 1.92. The molecule has 0 bridgehead atoms. The second kappa shape index (κ2) is 7.61. The Morgan fingerprint density at radius 3 is 2.54 bits per heavy atom. The molecule has 2 aromatic carbocycles. The summed E-state index contributed by atoms with van der Waals surface area (Å²) < 4.78 is 0. The van der Waals surface area contributed by atoms with Crippen LogP contribution < -0.4 is 15.5 Å². The second-order valence-electron chi connectivity index (χ2n) is 10.2. The zero-order valence-electron chi connectivity index (χ0n) is 20.1. The summed E-state index contributed by atoms with van der Waals surface area (Å²) >= 11 is 0. The van der Waals surface area contributed by atoms with Gasteiger partial charge in [-0.15, -0.1) is 6.42 Å². The molecule has 174 valence electrons. The molecule has 2 aliphatic heterocycles. The largest absolute Gasteiger partial charge is 0.384 e. The van der Waals surface area contributed by atoms with Crippen LogP contribution in [0.4, 0.5) is 11.4 Å². The number of nitrogens with zero attached hydrogens (tertiary/aromatic N) is 3. The number of anilines is 2. The Morgan fingerprint density at radius 2 is 1.86 bits per heavy atom. The van der Waals surface area contributed by atoms with E-state index in [1.165, 1.54) is 4.90 Å². The van der Waals surface area contributed by atoms with Crippen molar-refractivity contribution in [1.82, 2.24) is 0 Å². The van der Waals surface area contributed by atoms with Crippen LogP contribution in [-0.2, 0) is 15.0 Å². The van der Waals surface area contributed by atoms with Crippen molar-refractivity contribution in [2.45, 2.75) is 39.0 Å². The van der Waals surface area contributed by atoms with Crippen molar-refractivity contribution in [3.63, 3.8) is 0 Å². The lowest BCUT2D eigenvalue weighted by molar-refractivity contribution is -0.125. The second-order valence-corrected chi connectivity index (χ2v) is 10.2. The highest BCUT2D eigenvalue weighted by Gasteiger charge is 2.63. The van der Waals surface area contributed by atoms with Gasteiger partial charge in [-0.3, -0.25) is 19.4 Å². The van der Waals surface area contributed by atoms with Gasteiger partial charge in [-0.25, -0.2) is 0 Å². The summed E-state index contributed by atoms with van der Waals surface area (Å²) in [7, 11) is 0. The van der Waals surface area contributed by atoms with Gasteiger partial charge < -0.3 is 5.73 Å². The highest BCUT2D eigenvalue weighted by molar-refractivity contribution is 6.21. The first-order valence-corrected chi connectivity index (χ1v) is 11.6. The minimum Gasteiger partial charge on any atom is -0.384 e. The number of Topliss-reactive ketones (excluding diaryl/α,β-unsaturated/α-hetero) is 1. The maximum absolute atomic E-state index is 14.3. The molecule has 2 heterocycles. The lowest BCUT2D eigenvalue weighted by Gasteiger charge is -2.47. The fourth-order valence-corrected chi connectivity index (χ4v) is 5.87. The normalized spacial score (nSPS) is 22.8. The molecule has 6 heteroatoms. The van der Waals surface area contributed by atoms with E-state index < -0.39 is 11.3 Å². The smallest absolute Gasteiger partial charge is 0.248 e. The number of carbonyl (C=O) groups excluding carboxylic acids is 2. The minimum absolute atomic E-state index is 0.0279. The Morgan fingerprint density at radius 1 is 1.11 bits per heavy atom. The van der Waals surface area contributed by atoms with Gasteiger partial charge in [-0.1, -0.05) is 50.1 Å². The molecule has 2 N–H and O–H groups in total. The number of carbonyl (C=O) groups is 2. The van der Waals surface area contributed by atoms with Crippen molar-refractivity contribution >= 4 is 23.1 Å². The number of fused-ring (bicyclic) bond motifs is 3. The minimum atomic E-state index is -1.62. The fourth-order valence-electron chi connectivity index (χ4n) is 5.87. The number of benzene rings is 2. The van der Waals surface area contributed by atoms with Crippen LogP contribution in [0.15, 0.2) is 71.2 Å². The van der Waals surface area contributed by atoms with Crippen molar-refractivity contribution in [3.05, 3.63) is 82.3 Å². The number of nitrogens with two attached hydrogens (primary N) is 1. The fraction of sp³-hybridized carbons (Fsp3) is 0.276. The number of allylic oxidation sites excluding steroid dienone is 1. The van der Waals surface area contributed by atoms with E-state index >= 15 is 0 Å². The molecule has 3 aliphatic rings. The van der Waals surface area contributed by atoms with Crippen molar-refractivity contribution in [2.24, 2.45) is 11.1 Å². The monoisotopic (exact) mass is 462 g/mol. The first-order valence-electron chi connectivity index (χ1n) is 11.6. The lowest BCUT2D eigenvalue weighted by atomic mass is 9.60. The summed E-state index contributed by atoms with van der Waals surface area (Å²) in [6.45, 7) is 6.06. The summed E-state index contributed by atoms with van der Waals surface area (Å²) in [5.74, 6) is 2.15. The average molecular weight is 463 g/mol. The van der Waals surface area contributed by atoms with Crippen LogP contribution in [0.1, 0.15) is 37.8 Å². The topological polar surface area (TPSA) is 90.4 Å². The van der Waals surface area contributed by atoms with Crippen LogP contribution in [0.3, 0.4) is 0 Å². The standard InChI is InChI=1S/C29H26N4O2/c1-5-13-32-22-12-7-6-11-20(22)29(27(32)35)21(17-30)26(31)33(19-10-8-9-18(2)14-19)23-15-28(3,4)16-24(34)25(23)29/h1,6-12,14H,13,15-16,31H2,2-4H3/t29-/m0/s1. The summed E-state index contributed by atoms with van der Waals surface area (Å²) in [5.41, 5.74) is 8.82. The highest BCUT2D eigenvalue weighted by atomic mass is 16.2. The van der Waals surface area contributed by atoms with E-state index in [9.17, 15) is 14.9 Å². The summed E-state index contributed by atoms with van der Waals surface area (Å²) in [6, 6.07) is 17.2. The van der Waals surface area contributed by atoms with Gasteiger partial charge in [0.15, 0.2) is 5.78 Å². The van der Waals surface area contributed by atoms with E-state index in [1.54, 1.807) is 17.0 Å². The molecule has 1 atom stereocenters. The van der Waals surface area contributed by atoms with Crippen LogP contribution >= 0.6 is 0 Å². The van der Waals surface area contributed by atoms with Crippen LogP contribution in [0.5, 0.6) is 0 Å². The van der Waals surface area contributed by atoms with Crippen molar-refractivity contribution < 1.29 is 9.59 Å². The number of hydrogen-bond acceptors (Lipinski definition) is 5. The number of ketones is 1. The highest BCUT2D eigenvalue weighted by Crippen LogP contribution is 2.58. The molecule has 0 radical (unpaired) electrons. The van der Waals surface area contributed by atoms with Gasteiger partial charge in [0, 0.05) is 34.6 Å². The molecule has 1 aliphatic carbocycles. The molecule has 2 aromatic rings. The van der Waals surface area contributed by atoms with Gasteiger partial charge in [0.2, 0.25) is 5.91 Å². The van der Waals surface area contributed by atoms with Crippen LogP contribution in [0.2, 0.25) is 0 Å². The molecule has 0 fully saturated rings. The molecule has 0 saturated carbocycles. The Bertz CT molecular complexity index is 1450. The zero-order valence-corrected chi connectivity index (χ0v) is 20.1. The number of nitriles is 1. The maximum Gasteiger partial charge on any atom is 0.248 e. The number of rotatable bonds is 2. The van der Waals surface area contributed by atoms with E-state index in [2.05, 4.69) is 12.0 Å². The Labute approximate surface area is 205 Å². The number of hydrogen-bond donors (Lipinski definition) is 1. The third-order valence-corrected chi connectivity index (χ3v) is 7.16. The Hall–Kier alpha value is -4.29. The quantitative estimate of drug-likeness (QED) is 0.680. The predicted octanol–water partition coefficient (Wildman–Crippen LogP) is 4.07. The summed E-state index contributed by atoms with van der Waals surface area (Å²) in [4.78, 5) is 31.5. The van der Waals surface area contributed by atoms with Gasteiger partial charge in [-0.2, -0.15) is 5.26 Å². The van der Waals surface area contributed by atoms with E-state index in [0.29, 0.717) is 28.9 Å². The van der Waals surface area contributed by atoms with Gasteiger partial charge >= 0.3 is 0 Å². The van der Waals surface area contributed by atoms with Crippen molar-refractivity contribution in [3.8, 4) is 18.4 Å². The first-order chi connectivity index (χ1) is 16.7. The maximum atomic E-state index is 14.3. The molecule has 35 heavy (non-hydrogen) atoms. The van der Waals surface area contributed by atoms with E-state index in [1.807, 2.05) is 57.2 Å². The average Bonchev–Trinajstić information content (AvgIpc) is 3.02. The SMILES string of the molecule is C#CCN1C(=O)[C@]2(C(C#N)=C(N)N(c3cccc(C)c3)C3=C2C(=O)CC(C)(C)C3)c2ccccc21. The van der Waals surface area contributed by atoms with Crippen molar-refractivity contribution in [2.75, 3.05) is 16.3 Å². The van der Waals surface area contributed by atoms with Gasteiger partial charge in [-0.05, 0) is 42.5 Å². The molecule has 1 amide bonds. The van der Waals surface area contributed by atoms with Gasteiger partial charge in [0.25, 0.3) is 0 Å². The van der Waals surface area contributed by atoms with E-state index in [0.717, 1.165) is 11.3 Å². The van der Waals surface area contributed by atoms with E-state index in [-0.39, 0.29) is 35.6 Å². The van der Waals surface area contributed by atoms with Crippen LogP contribution in [0, 0.1) is 36.0 Å². The van der Waals surface area contributed by atoms with Gasteiger partial charge in [0.05, 0.1) is 12.1 Å². The zero-order chi connectivity index (χ0) is 25.1. The number of terminal acetylenes is 1. The summed E-state index contributed by atoms with van der Waals surface area (Å²) in [6.07, 6.45) is 6.40. The summed E-state index contributed by atoms with van der Waals surface area (Å²) in [5, 5.41) is 10.5. The number of amides is 1. The molecule has 5 rings (SSSR count). The van der Waals surface area contributed by atoms with Crippen molar-refractivity contribution in [1.29, 1.82) is 5.26 Å². The third kappa shape index (κ3) is 2.97. The van der Waals surface area contributed by atoms with Gasteiger partial charge in [0.1, 0.15) is 17.3 Å². The van der Waals surface area contributed by atoms with Crippen LogP contribution in [0.25, 0.3) is 0 Å². The van der Waals surface area contributed by atoms with Crippen LogP contribution in [-0.4, -0.2) is 18.2 Å². The molecular weight excluding hydrogens is 436 g/mol. The first kappa shape index (κ1) is 22.5. The Kier molecular flexibility index (Phi) is 4.90. The molecular formula is C29H26N4O2. The molecule has 0 unspecified atom stereocenters. The number of aryl methyl sites for hydroxylation is 1. The molecule has 6 nitrogen and oxygen atoms in total. The number of para-hydroxylation sites is 1. The lowest BCUT2D eigenvalue weighted by Crippen LogP contribution is -2.53. The predicted molar refractivity (Wildman–Crippen MR) is 135 cm³/mol. The molecule has 1 spiro atoms. The third-order valence-electron chi connectivity index (χ3n) is 7.16. The van der Waals surface area contributed by atoms with E-state index in [4.69, 9.17) is 12.2 Å². The molecule has 0 aromatic heterocycles. The molecule has 0 saturated heterocycles.